The van der Waals surface area contributed by atoms with E-state index in [-0.39, 0.29) is 31.0 Å². The monoisotopic (exact) mass is 524 g/mol. The molecule has 7 heteroatoms. The van der Waals surface area contributed by atoms with Crippen LogP contribution in [0.4, 0.5) is 0 Å². The van der Waals surface area contributed by atoms with Gasteiger partial charge in [0.25, 0.3) is 5.91 Å². The maximum atomic E-state index is 13.6. The van der Waals surface area contributed by atoms with E-state index in [4.69, 9.17) is 27.9 Å². The van der Waals surface area contributed by atoms with E-state index in [2.05, 4.69) is 5.32 Å². The Morgan fingerprint density at radius 3 is 2.33 bits per heavy atom. The lowest BCUT2D eigenvalue weighted by molar-refractivity contribution is -0.143. The Labute approximate surface area is 222 Å². The number of para-hydroxylation sites is 1. The molecular formula is C29H30Cl2N2O3. The average Bonchev–Trinajstić information content (AvgIpc) is 3.39. The van der Waals surface area contributed by atoms with Crippen molar-refractivity contribution in [2.45, 2.75) is 50.7 Å². The molecule has 2 amide bonds. The summed E-state index contributed by atoms with van der Waals surface area (Å²) in [5.41, 5.74) is 1.81. The molecule has 0 aromatic heterocycles. The fourth-order valence-electron chi connectivity index (χ4n) is 4.54. The quantitative estimate of drug-likeness (QED) is 0.350. The van der Waals surface area contributed by atoms with Gasteiger partial charge in [0.2, 0.25) is 5.91 Å². The Balaban J connectivity index is 1.62. The molecule has 1 saturated carbocycles. The molecule has 1 N–H and O–H groups in total. The Morgan fingerprint density at radius 2 is 1.61 bits per heavy atom. The van der Waals surface area contributed by atoms with E-state index in [9.17, 15) is 9.59 Å². The van der Waals surface area contributed by atoms with Crippen LogP contribution in [0, 0.1) is 0 Å². The van der Waals surface area contributed by atoms with Crippen LogP contribution < -0.4 is 10.1 Å². The molecule has 0 bridgehead atoms. The van der Waals surface area contributed by atoms with Gasteiger partial charge in [-0.3, -0.25) is 9.59 Å². The van der Waals surface area contributed by atoms with Gasteiger partial charge in [-0.25, -0.2) is 0 Å². The van der Waals surface area contributed by atoms with Crippen molar-refractivity contribution in [2.24, 2.45) is 0 Å². The molecular weight excluding hydrogens is 495 g/mol. The number of nitrogens with zero attached hydrogens (tertiary/aromatic N) is 1. The first-order valence-corrected chi connectivity index (χ1v) is 13.0. The van der Waals surface area contributed by atoms with Crippen molar-refractivity contribution in [1.82, 2.24) is 10.2 Å². The Hall–Kier alpha value is -3.02. The van der Waals surface area contributed by atoms with Gasteiger partial charge in [-0.05, 0) is 48.2 Å². The number of nitrogens with one attached hydrogen (secondary N) is 1. The fraction of sp³-hybridized carbons (Fsp3) is 0.310. The molecule has 188 valence electrons. The molecule has 1 aliphatic carbocycles. The van der Waals surface area contributed by atoms with Crippen LogP contribution >= 0.6 is 23.2 Å². The van der Waals surface area contributed by atoms with E-state index in [0.29, 0.717) is 22.2 Å². The third-order valence-corrected chi connectivity index (χ3v) is 6.95. The summed E-state index contributed by atoms with van der Waals surface area (Å²) in [5.74, 6) is -0.0403. The van der Waals surface area contributed by atoms with Crippen molar-refractivity contribution in [1.29, 1.82) is 0 Å². The largest absolute Gasteiger partial charge is 0.482 e. The van der Waals surface area contributed by atoms with Crippen molar-refractivity contribution >= 4 is 35.0 Å². The van der Waals surface area contributed by atoms with Gasteiger partial charge in [-0.1, -0.05) is 90.6 Å². The Morgan fingerprint density at radius 1 is 0.917 bits per heavy atom. The number of hydrogen-bond donors (Lipinski definition) is 1. The van der Waals surface area contributed by atoms with Crippen molar-refractivity contribution in [2.75, 3.05) is 6.61 Å². The summed E-state index contributed by atoms with van der Waals surface area (Å²) in [4.78, 5) is 28.9. The highest BCUT2D eigenvalue weighted by Gasteiger charge is 2.32. The topological polar surface area (TPSA) is 58.6 Å². The number of amides is 2. The number of benzene rings is 3. The summed E-state index contributed by atoms with van der Waals surface area (Å²) in [5, 5.41) is 4.19. The Bertz CT molecular complexity index is 1170. The van der Waals surface area contributed by atoms with Crippen LogP contribution in [0.5, 0.6) is 5.75 Å². The summed E-state index contributed by atoms with van der Waals surface area (Å²) in [6.45, 7) is -0.0207. The van der Waals surface area contributed by atoms with Crippen molar-refractivity contribution in [3.05, 3.63) is 100 Å². The van der Waals surface area contributed by atoms with Gasteiger partial charge in [0, 0.05) is 24.0 Å². The highest BCUT2D eigenvalue weighted by Crippen LogP contribution is 2.24. The highest BCUT2D eigenvalue weighted by atomic mass is 35.5. The first-order valence-electron chi connectivity index (χ1n) is 12.2. The van der Waals surface area contributed by atoms with E-state index in [1.165, 1.54) is 0 Å². The maximum Gasteiger partial charge on any atom is 0.261 e. The van der Waals surface area contributed by atoms with Crippen LogP contribution in [0.15, 0.2) is 78.9 Å². The van der Waals surface area contributed by atoms with Gasteiger partial charge >= 0.3 is 0 Å². The van der Waals surface area contributed by atoms with E-state index in [0.717, 1.165) is 36.8 Å². The third kappa shape index (κ3) is 7.25. The molecule has 3 aromatic rings. The molecule has 36 heavy (non-hydrogen) atoms. The van der Waals surface area contributed by atoms with Gasteiger partial charge in [-0.2, -0.15) is 0 Å². The molecule has 4 rings (SSSR count). The van der Waals surface area contributed by atoms with Crippen LogP contribution in [0.3, 0.4) is 0 Å². The maximum absolute atomic E-state index is 13.6. The zero-order chi connectivity index (χ0) is 25.3. The van der Waals surface area contributed by atoms with Gasteiger partial charge in [0.15, 0.2) is 6.61 Å². The lowest BCUT2D eigenvalue weighted by Gasteiger charge is -2.32. The highest BCUT2D eigenvalue weighted by molar-refractivity contribution is 6.32. The molecule has 3 aromatic carbocycles. The summed E-state index contributed by atoms with van der Waals surface area (Å²) < 4.78 is 5.77. The minimum atomic E-state index is -0.714. The zero-order valence-corrected chi connectivity index (χ0v) is 21.5. The Kier molecular flexibility index (Phi) is 9.26. The second-order valence-electron chi connectivity index (χ2n) is 9.07. The number of rotatable bonds is 10. The number of hydrogen-bond acceptors (Lipinski definition) is 3. The average molecular weight is 525 g/mol. The molecule has 0 aliphatic heterocycles. The zero-order valence-electron chi connectivity index (χ0n) is 20.0. The summed E-state index contributed by atoms with van der Waals surface area (Å²) >= 11 is 12.5. The normalized spacial score (nSPS) is 14.3. The lowest BCUT2D eigenvalue weighted by Crippen LogP contribution is -2.53. The number of carbonyl (C=O) groups excluding carboxylic acids is 2. The molecule has 1 aliphatic rings. The van der Waals surface area contributed by atoms with Gasteiger partial charge in [0.1, 0.15) is 11.8 Å². The van der Waals surface area contributed by atoms with Crippen molar-refractivity contribution in [3.63, 3.8) is 0 Å². The molecule has 0 unspecified atom stereocenters. The van der Waals surface area contributed by atoms with E-state index >= 15 is 0 Å². The number of ether oxygens (including phenoxy) is 1. The molecule has 5 nitrogen and oxygen atoms in total. The fourth-order valence-corrected chi connectivity index (χ4v) is 4.94. The minimum Gasteiger partial charge on any atom is -0.482 e. The standard InChI is InChI=1S/C29H30Cl2N2O3/c30-23-12-8-11-22(17-23)19-33(28(34)20-36-27-16-7-6-15-25(27)31)26(18-21-9-2-1-3-10-21)29(35)32-24-13-4-5-14-24/h1-3,6-12,15-17,24,26H,4-5,13-14,18-20H2,(H,32,35)/t26-/m0/s1. The van der Waals surface area contributed by atoms with Crippen LogP contribution in [-0.4, -0.2) is 35.4 Å². The predicted molar refractivity (Wildman–Crippen MR) is 143 cm³/mol. The molecule has 0 heterocycles. The second kappa shape index (κ2) is 12.8. The van der Waals surface area contributed by atoms with Gasteiger partial charge in [0.05, 0.1) is 5.02 Å². The molecule has 1 fully saturated rings. The third-order valence-electron chi connectivity index (χ3n) is 6.40. The summed E-state index contributed by atoms with van der Waals surface area (Å²) in [6, 6.07) is 23.5. The van der Waals surface area contributed by atoms with Crippen LogP contribution in [-0.2, 0) is 22.6 Å². The molecule has 0 saturated heterocycles. The van der Waals surface area contributed by atoms with Crippen LogP contribution in [0.25, 0.3) is 0 Å². The van der Waals surface area contributed by atoms with E-state index < -0.39 is 6.04 Å². The smallest absolute Gasteiger partial charge is 0.261 e. The first kappa shape index (κ1) is 26.1. The first-order chi connectivity index (χ1) is 17.5. The van der Waals surface area contributed by atoms with E-state index in [1.54, 1.807) is 35.2 Å². The lowest BCUT2D eigenvalue weighted by atomic mass is 10.0. The van der Waals surface area contributed by atoms with Crippen molar-refractivity contribution in [3.8, 4) is 5.75 Å². The van der Waals surface area contributed by atoms with Gasteiger partial charge < -0.3 is 15.0 Å². The van der Waals surface area contributed by atoms with Crippen molar-refractivity contribution < 1.29 is 14.3 Å². The SMILES string of the molecule is O=C(NC1CCCC1)[C@H](Cc1ccccc1)N(Cc1cccc(Cl)c1)C(=O)COc1ccccc1Cl. The molecule has 0 radical (unpaired) electrons. The summed E-state index contributed by atoms with van der Waals surface area (Å²) in [6.07, 6.45) is 4.51. The predicted octanol–water partition coefficient (Wildman–Crippen LogP) is 6.07. The molecule has 0 spiro atoms. The van der Waals surface area contributed by atoms with Gasteiger partial charge in [-0.15, -0.1) is 0 Å². The number of halogens is 2. The van der Waals surface area contributed by atoms with E-state index in [1.807, 2.05) is 48.5 Å². The number of carbonyl (C=O) groups is 2. The van der Waals surface area contributed by atoms with Crippen LogP contribution in [0.1, 0.15) is 36.8 Å². The second-order valence-corrected chi connectivity index (χ2v) is 9.91. The van der Waals surface area contributed by atoms with Crippen LogP contribution in [0.2, 0.25) is 10.0 Å². The summed E-state index contributed by atoms with van der Waals surface area (Å²) in [7, 11) is 0. The minimum absolute atomic E-state index is 0.137. The molecule has 1 atom stereocenters.